The molecule has 0 fully saturated rings. The van der Waals surface area contributed by atoms with Crippen LogP contribution in [0.3, 0.4) is 0 Å². The Morgan fingerprint density at radius 3 is 3.00 bits per heavy atom. The second-order valence-corrected chi connectivity index (χ2v) is 4.69. The fraction of sp³-hybridized carbons (Fsp3) is 0.200. The van der Waals surface area contributed by atoms with Gasteiger partial charge in [0.15, 0.2) is 0 Å². The summed E-state index contributed by atoms with van der Waals surface area (Å²) < 4.78 is 5.24. The van der Waals surface area contributed by atoms with Crippen molar-refractivity contribution in [2.75, 3.05) is 17.7 Å². The molecule has 20 heavy (non-hydrogen) atoms. The average molecular weight is 266 g/mol. The van der Waals surface area contributed by atoms with Gasteiger partial charge in [-0.05, 0) is 23.3 Å². The van der Waals surface area contributed by atoms with E-state index in [2.05, 4.69) is 16.0 Å². The minimum Gasteiger partial charge on any atom is -0.497 e. The van der Waals surface area contributed by atoms with E-state index in [1.807, 2.05) is 24.3 Å². The smallest absolute Gasteiger partial charge is 0.141 e. The third-order valence-corrected chi connectivity index (χ3v) is 3.55. The van der Waals surface area contributed by atoms with Crippen LogP contribution in [0.2, 0.25) is 0 Å². The number of methoxy groups -OCH3 is 1. The third-order valence-electron chi connectivity index (χ3n) is 3.55. The summed E-state index contributed by atoms with van der Waals surface area (Å²) in [5.41, 5.74) is 9.34. The molecule has 0 saturated carbocycles. The molecule has 0 radical (unpaired) electrons. The fourth-order valence-electron chi connectivity index (χ4n) is 2.49. The van der Waals surface area contributed by atoms with E-state index < -0.39 is 0 Å². The molecule has 1 aliphatic heterocycles. The molecule has 2 N–H and O–H groups in total. The Labute approximate surface area is 117 Å². The van der Waals surface area contributed by atoms with Gasteiger partial charge in [-0.15, -0.1) is 0 Å². The van der Waals surface area contributed by atoms with E-state index in [1.54, 1.807) is 13.3 Å². The fourth-order valence-corrected chi connectivity index (χ4v) is 2.49. The van der Waals surface area contributed by atoms with Gasteiger partial charge >= 0.3 is 0 Å². The third kappa shape index (κ3) is 1.91. The predicted molar refractivity (Wildman–Crippen MR) is 76.2 cm³/mol. The van der Waals surface area contributed by atoms with Gasteiger partial charge in [-0.25, -0.2) is 4.98 Å². The van der Waals surface area contributed by atoms with E-state index in [-0.39, 0.29) is 0 Å². The van der Waals surface area contributed by atoms with Crippen molar-refractivity contribution in [1.82, 2.24) is 4.98 Å². The molecular formula is C15H14N4O. The van der Waals surface area contributed by atoms with E-state index >= 15 is 0 Å². The van der Waals surface area contributed by atoms with Crippen molar-refractivity contribution in [3.8, 4) is 11.8 Å². The number of nitriles is 1. The number of aromatic nitrogens is 1. The van der Waals surface area contributed by atoms with Gasteiger partial charge in [-0.1, -0.05) is 6.07 Å². The van der Waals surface area contributed by atoms with Gasteiger partial charge < -0.3 is 15.4 Å². The lowest BCUT2D eigenvalue weighted by Crippen LogP contribution is -2.14. The van der Waals surface area contributed by atoms with Crippen LogP contribution in [0.15, 0.2) is 30.5 Å². The molecule has 1 aromatic heterocycles. The Kier molecular flexibility index (Phi) is 2.92. The molecule has 0 saturated heterocycles. The Bertz CT molecular complexity index is 706. The first-order valence-electron chi connectivity index (χ1n) is 6.28. The zero-order valence-electron chi connectivity index (χ0n) is 11.1. The van der Waals surface area contributed by atoms with Gasteiger partial charge in [-0.3, -0.25) is 0 Å². The number of hydrogen-bond acceptors (Lipinski definition) is 5. The molecule has 0 atom stereocenters. The average Bonchev–Trinajstić information content (AvgIpc) is 2.91. The minimum atomic E-state index is 0.304. The Balaban J connectivity index is 1.96. The number of nitrogen functional groups attached to an aromatic ring is 1. The Morgan fingerprint density at radius 1 is 1.40 bits per heavy atom. The maximum atomic E-state index is 9.21. The quantitative estimate of drug-likeness (QED) is 0.900. The van der Waals surface area contributed by atoms with Crippen LogP contribution in [0, 0.1) is 11.3 Å². The van der Waals surface area contributed by atoms with E-state index in [9.17, 15) is 5.26 Å². The first-order valence-corrected chi connectivity index (χ1v) is 6.28. The Morgan fingerprint density at radius 2 is 2.25 bits per heavy atom. The van der Waals surface area contributed by atoms with Crippen LogP contribution in [-0.4, -0.2) is 12.1 Å². The van der Waals surface area contributed by atoms with Gasteiger partial charge in [0.1, 0.15) is 17.6 Å². The molecule has 5 nitrogen and oxygen atoms in total. The van der Waals surface area contributed by atoms with Crippen LogP contribution in [0.1, 0.15) is 16.7 Å². The highest BCUT2D eigenvalue weighted by atomic mass is 16.5. The van der Waals surface area contributed by atoms with Gasteiger partial charge in [0, 0.05) is 31.0 Å². The molecule has 1 aromatic carbocycles. The molecule has 5 heteroatoms. The van der Waals surface area contributed by atoms with Crippen molar-refractivity contribution >= 4 is 11.5 Å². The van der Waals surface area contributed by atoms with Crippen LogP contribution in [-0.2, 0) is 13.1 Å². The highest BCUT2D eigenvalue weighted by molar-refractivity contribution is 5.61. The van der Waals surface area contributed by atoms with Gasteiger partial charge in [0.25, 0.3) is 0 Å². The molecule has 0 bridgehead atoms. The first-order chi connectivity index (χ1) is 9.72. The monoisotopic (exact) mass is 266 g/mol. The van der Waals surface area contributed by atoms with E-state index in [4.69, 9.17) is 10.5 Å². The molecule has 2 aromatic rings. The van der Waals surface area contributed by atoms with Crippen molar-refractivity contribution in [2.24, 2.45) is 0 Å². The number of hydrogen-bond donors (Lipinski definition) is 1. The molecule has 1 aliphatic rings. The molecule has 0 aliphatic carbocycles. The predicted octanol–water partition coefficient (Wildman–Crippen LogP) is 2.06. The van der Waals surface area contributed by atoms with Crippen LogP contribution >= 0.6 is 0 Å². The van der Waals surface area contributed by atoms with E-state index in [0.717, 1.165) is 29.1 Å². The standard InChI is InChI=1S/C15H14N4O/c1-20-12-4-2-3-11(5-12)19-8-10-7-18-15(17)13(6-16)14(10)9-19/h2-5,7H,8-9H2,1H3,(H2,17,18). The van der Waals surface area contributed by atoms with Crippen LogP contribution < -0.4 is 15.4 Å². The van der Waals surface area contributed by atoms with Crippen LogP contribution in [0.5, 0.6) is 5.75 Å². The zero-order valence-corrected chi connectivity index (χ0v) is 11.1. The minimum absolute atomic E-state index is 0.304. The molecule has 0 spiro atoms. The normalized spacial score (nSPS) is 12.9. The number of rotatable bonds is 2. The van der Waals surface area contributed by atoms with Crippen molar-refractivity contribution < 1.29 is 4.74 Å². The maximum absolute atomic E-state index is 9.21. The first kappa shape index (κ1) is 12.3. The molecule has 3 rings (SSSR count). The Hall–Kier alpha value is -2.74. The number of anilines is 2. The molecule has 100 valence electrons. The number of benzene rings is 1. The molecule has 0 amide bonds. The van der Waals surface area contributed by atoms with E-state index in [0.29, 0.717) is 17.9 Å². The number of fused-ring (bicyclic) bond motifs is 1. The number of nitrogens with two attached hydrogens (primary N) is 1. The lowest BCUT2D eigenvalue weighted by molar-refractivity contribution is 0.415. The van der Waals surface area contributed by atoms with Crippen molar-refractivity contribution in [3.05, 3.63) is 47.2 Å². The van der Waals surface area contributed by atoms with Crippen LogP contribution in [0.4, 0.5) is 11.5 Å². The van der Waals surface area contributed by atoms with E-state index in [1.165, 1.54) is 0 Å². The highest BCUT2D eigenvalue weighted by Gasteiger charge is 2.24. The van der Waals surface area contributed by atoms with Crippen LogP contribution in [0.25, 0.3) is 0 Å². The van der Waals surface area contributed by atoms with Gasteiger partial charge in [0.05, 0.1) is 12.7 Å². The van der Waals surface area contributed by atoms with Crippen molar-refractivity contribution in [1.29, 1.82) is 5.26 Å². The maximum Gasteiger partial charge on any atom is 0.141 e. The van der Waals surface area contributed by atoms with Crippen molar-refractivity contribution in [3.63, 3.8) is 0 Å². The molecule has 0 unspecified atom stereocenters. The van der Waals surface area contributed by atoms with Gasteiger partial charge in [-0.2, -0.15) is 5.26 Å². The lowest BCUT2D eigenvalue weighted by Gasteiger charge is -2.18. The summed E-state index contributed by atoms with van der Waals surface area (Å²) in [6.45, 7) is 1.39. The second kappa shape index (κ2) is 4.74. The summed E-state index contributed by atoms with van der Waals surface area (Å²) in [7, 11) is 1.65. The summed E-state index contributed by atoms with van der Waals surface area (Å²) >= 11 is 0. The lowest BCUT2D eigenvalue weighted by atomic mass is 10.1. The summed E-state index contributed by atoms with van der Waals surface area (Å²) in [5, 5.41) is 9.21. The SMILES string of the molecule is COc1cccc(N2Cc3cnc(N)c(C#N)c3C2)c1. The van der Waals surface area contributed by atoms with Gasteiger partial charge in [0.2, 0.25) is 0 Å². The van der Waals surface area contributed by atoms with Crippen molar-refractivity contribution in [2.45, 2.75) is 13.1 Å². The zero-order chi connectivity index (χ0) is 14.1. The molecule has 2 heterocycles. The topological polar surface area (TPSA) is 75.2 Å². The summed E-state index contributed by atoms with van der Waals surface area (Å²) in [5.74, 6) is 1.12. The number of nitrogens with zero attached hydrogens (tertiary/aromatic N) is 3. The number of pyridine rings is 1. The molecular weight excluding hydrogens is 252 g/mol. The summed E-state index contributed by atoms with van der Waals surface area (Å²) in [6, 6.07) is 10.0. The largest absolute Gasteiger partial charge is 0.497 e. The second-order valence-electron chi connectivity index (χ2n) is 4.69. The number of ether oxygens (including phenoxy) is 1. The highest BCUT2D eigenvalue weighted by Crippen LogP contribution is 2.32. The summed E-state index contributed by atoms with van der Waals surface area (Å²) in [4.78, 5) is 6.26. The summed E-state index contributed by atoms with van der Waals surface area (Å²) in [6.07, 6.45) is 1.76.